The standard InChI is InChI=1S/C18H19ClO8/c1-8-14-12(26-10(3)17(21)24-5)6-11(25-9(2)16(20)23-4)7-13(14)27-18(22)15(8)19/h6-7,9-10H,1-5H3/t9-,10-/m1/s1. The van der Waals surface area contributed by atoms with Gasteiger partial charge in [-0.05, 0) is 26.3 Å². The Morgan fingerprint density at radius 2 is 1.59 bits per heavy atom. The fraction of sp³-hybridized carbons (Fsp3) is 0.389. The normalized spacial score (nSPS) is 13.0. The number of fused-ring (bicyclic) bond motifs is 1. The highest BCUT2D eigenvalue weighted by Crippen LogP contribution is 2.36. The van der Waals surface area contributed by atoms with Gasteiger partial charge in [-0.2, -0.15) is 0 Å². The molecule has 0 spiro atoms. The average Bonchev–Trinajstić information content (AvgIpc) is 2.64. The van der Waals surface area contributed by atoms with E-state index in [1.807, 2.05) is 0 Å². The van der Waals surface area contributed by atoms with Gasteiger partial charge in [0.2, 0.25) is 0 Å². The van der Waals surface area contributed by atoms with Gasteiger partial charge in [0.05, 0.1) is 19.6 Å². The maximum absolute atomic E-state index is 11.9. The van der Waals surface area contributed by atoms with E-state index in [0.717, 1.165) is 0 Å². The van der Waals surface area contributed by atoms with E-state index in [2.05, 4.69) is 9.47 Å². The minimum Gasteiger partial charge on any atom is -0.479 e. The van der Waals surface area contributed by atoms with Crippen LogP contribution in [0.5, 0.6) is 11.5 Å². The summed E-state index contributed by atoms with van der Waals surface area (Å²) in [4.78, 5) is 35.2. The molecular weight excluding hydrogens is 380 g/mol. The first-order valence-electron chi connectivity index (χ1n) is 7.95. The van der Waals surface area contributed by atoms with Crippen molar-refractivity contribution in [3.05, 3.63) is 33.1 Å². The largest absolute Gasteiger partial charge is 0.479 e. The number of benzene rings is 1. The Labute approximate surface area is 159 Å². The molecule has 8 nitrogen and oxygen atoms in total. The van der Waals surface area contributed by atoms with Crippen molar-refractivity contribution in [1.82, 2.24) is 0 Å². The van der Waals surface area contributed by atoms with Crippen molar-refractivity contribution in [2.75, 3.05) is 14.2 Å². The van der Waals surface area contributed by atoms with Gasteiger partial charge in [0.15, 0.2) is 12.2 Å². The van der Waals surface area contributed by atoms with Crippen molar-refractivity contribution in [3.63, 3.8) is 0 Å². The zero-order valence-corrected chi connectivity index (χ0v) is 16.2. The first kappa shape index (κ1) is 20.6. The van der Waals surface area contributed by atoms with E-state index >= 15 is 0 Å². The summed E-state index contributed by atoms with van der Waals surface area (Å²) >= 11 is 5.99. The Balaban J connectivity index is 2.61. The first-order valence-corrected chi connectivity index (χ1v) is 8.33. The number of carbonyl (C=O) groups is 2. The number of halogens is 1. The molecule has 0 saturated heterocycles. The number of methoxy groups -OCH3 is 2. The SMILES string of the molecule is COC(=O)[C@@H](C)Oc1cc(O[C@H](C)C(=O)OC)c2c(C)c(Cl)c(=O)oc2c1. The van der Waals surface area contributed by atoms with Crippen LogP contribution in [0.3, 0.4) is 0 Å². The van der Waals surface area contributed by atoms with Gasteiger partial charge in [-0.1, -0.05) is 11.6 Å². The topological polar surface area (TPSA) is 101 Å². The fourth-order valence-electron chi connectivity index (χ4n) is 2.41. The highest BCUT2D eigenvalue weighted by molar-refractivity contribution is 6.32. The lowest BCUT2D eigenvalue weighted by molar-refractivity contribution is -0.148. The van der Waals surface area contributed by atoms with Crippen LogP contribution in [-0.4, -0.2) is 38.4 Å². The van der Waals surface area contributed by atoms with E-state index in [4.69, 9.17) is 25.5 Å². The second kappa shape index (κ2) is 8.30. The molecule has 9 heteroatoms. The number of ether oxygens (including phenoxy) is 4. The van der Waals surface area contributed by atoms with Gasteiger partial charge in [0, 0.05) is 12.1 Å². The van der Waals surface area contributed by atoms with Crippen molar-refractivity contribution in [1.29, 1.82) is 0 Å². The van der Waals surface area contributed by atoms with E-state index in [9.17, 15) is 14.4 Å². The van der Waals surface area contributed by atoms with Crippen LogP contribution in [0.4, 0.5) is 0 Å². The van der Waals surface area contributed by atoms with Crippen LogP contribution in [0.2, 0.25) is 5.02 Å². The Morgan fingerprint density at radius 1 is 1.04 bits per heavy atom. The summed E-state index contributed by atoms with van der Waals surface area (Å²) in [5, 5.41) is 0.295. The third-order valence-corrected chi connectivity index (χ3v) is 4.25. The van der Waals surface area contributed by atoms with Crippen molar-refractivity contribution < 1.29 is 33.0 Å². The lowest BCUT2D eigenvalue weighted by Crippen LogP contribution is -2.26. The molecule has 0 saturated carbocycles. The third kappa shape index (κ3) is 4.33. The van der Waals surface area contributed by atoms with Crippen LogP contribution in [-0.2, 0) is 19.1 Å². The number of carbonyl (C=O) groups excluding carboxylic acids is 2. The summed E-state index contributed by atoms with van der Waals surface area (Å²) in [7, 11) is 2.47. The number of hydrogen-bond donors (Lipinski definition) is 0. The molecule has 2 rings (SSSR count). The molecule has 27 heavy (non-hydrogen) atoms. The summed E-state index contributed by atoms with van der Waals surface area (Å²) in [5.41, 5.74) is -0.183. The minimum atomic E-state index is -0.948. The van der Waals surface area contributed by atoms with Crippen LogP contribution < -0.4 is 15.1 Å². The second-order valence-corrected chi connectivity index (χ2v) is 6.07. The average molecular weight is 399 g/mol. The van der Waals surface area contributed by atoms with Crippen LogP contribution in [0, 0.1) is 6.92 Å². The smallest absolute Gasteiger partial charge is 0.355 e. The molecule has 0 fully saturated rings. The van der Waals surface area contributed by atoms with Gasteiger partial charge in [-0.25, -0.2) is 14.4 Å². The molecule has 0 radical (unpaired) electrons. The van der Waals surface area contributed by atoms with E-state index in [0.29, 0.717) is 10.9 Å². The summed E-state index contributed by atoms with van der Waals surface area (Å²) < 4.78 is 25.7. The van der Waals surface area contributed by atoms with Crippen LogP contribution in [0.15, 0.2) is 21.3 Å². The van der Waals surface area contributed by atoms with Crippen molar-refractivity contribution in [2.24, 2.45) is 0 Å². The van der Waals surface area contributed by atoms with Crippen molar-refractivity contribution in [2.45, 2.75) is 33.0 Å². The predicted octanol–water partition coefficient (Wildman–Crippen LogP) is 2.64. The molecule has 0 bridgehead atoms. The monoisotopic (exact) mass is 398 g/mol. The molecule has 1 aromatic carbocycles. The van der Waals surface area contributed by atoms with Gasteiger partial charge >= 0.3 is 17.6 Å². The van der Waals surface area contributed by atoms with Crippen LogP contribution in [0.25, 0.3) is 11.0 Å². The Bertz CT molecular complexity index is 933. The molecule has 1 aromatic heterocycles. The molecule has 146 valence electrons. The lowest BCUT2D eigenvalue weighted by atomic mass is 10.1. The first-order chi connectivity index (χ1) is 12.7. The number of rotatable bonds is 6. The molecule has 0 N–H and O–H groups in total. The van der Waals surface area contributed by atoms with Crippen LogP contribution >= 0.6 is 11.6 Å². The van der Waals surface area contributed by atoms with Gasteiger partial charge in [0.25, 0.3) is 0 Å². The summed E-state index contributed by atoms with van der Waals surface area (Å²) in [6, 6.07) is 2.89. The maximum atomic E-state index is 11.9. The quantitative estimate of drug-likeness (QED) is 0.540. The van der Waals surface area contributed by atoms with Gasteiger partial charge in [0.1, 0.15) is 22.1 Å². The predicted molar refractivity (Wildman–Crippen MR) is 96.4 cm³/mol. The molecule has 1 heterocycles. The zero-order valence-electron chi connectivity index (χ0n) is 15.5. The number of aryl methyl sites for hydroxylation is 1. The van der Waals surface area contributed by atoms with Crippen molar-refractivity contribution >= 4 is 34.5 Å². The molecule has 0 unspecified atom stereocenters. The summed E-state index contributed by atoms with van der Waals surface area (Å²) in [6.07, 6.45) is -1.87. The van der Waals surface area contributed by atoms with Crippen molar-refractivity contribution in [3.8, 4) is 11.5 Å². The second-order valence-electron chi connectivity index (χ2n) is 5.69. The Morgan fingerprint density at radius 3 is 2.15 bits per heavy atom. The third-order valence-electron chi connectivity index (χ3n) is 3.81. The van der Waals surface area contributed by atoms with Gasteiger partial charge in [-0.15, -0.1) is 0 Å². The fourth-order valence-corrected chi connectivity index (χ4v) is 2.54. The molecule has 0 aliphatic heterocycles. The molecule has 2 aromatic rings. The summed E-state index contributed by atoms with van der Waals surface area (Å²) in [6.45, 7) is 4.62. The highest BCUT2D eigenvalue weighted by Gasteiger charge is 2.22. The van der Waals surface area contributed by atoms with Crippen LogP contribution in [0.1, 0.15) is 19.4 Å². The van der Waals surface area contributed by atoms with E-state index in [1.165, 1.54) is 40.2 Å². The Kier molecular flexibility index (Phi) is 6.32. The van der Waals surface area contributed by atoms with Gasteiger partial charge < -0.3 is 23.4 Å². The molecular formula is C18H19ClO8. The molecule has 0 amide bonds. The zero-order chi connectivity index (χ0) is 20.3. The molecule has 2 atom stereocenters. The van der Waals surface area contributed by atoms with Gasteiger partial charge in [-0.3, -0.25) is 0 Å². The number of hydrogen-bond acceptors (Lipinski definition) is 8. The maximum Gasteiger partial charge on any atom is 0.355 e. The number of esters is 2. The van der Waals surface area contributed by atoms with E-state index < -0.39 is 29.8 Å². The summed E-state index contributed by atoms with van der Waals surface area (Å²) in [5.74, 6) is -0.828. The van der Waals surface area contributed by atoms with E-state index in [-0.39, 0.29) is 22.1 Å². The molecule has 0 aliphatic carbocycles. The highest BCUT2D eigenvalue weighted by atomic mass is 35.5. The van der Waals surface area contributed by atoms with E-state index in [1.54, 1.807) is 6.92 Å². The minimum absolute atomic E-state index is 0.102. The lowest BCUT2D eigenvalue weighted by Gasteiger charge is -2.18. The molecule has 0 aliphatic rings. The Hall–Kier alpha value is -2.74.